The Morgan fingerprint density at radius 2 is 1.82 bits per heavy atom. The van der Waals surface area contributed by atoms with Crippen molar-refractivity contribution < 1.29 is 28.9 Å². The monoisotopic (exact) mass is 541 g/mol. The van der Waals surface area contributed by atoms with Crippen LogP contribution in [0.5, 0.6) is 11.5 Å². The Kier molecular flexibility index (Phi) is 9.09. The number of amides is 2. The van der Waals surface area contributed by atoms with Gasteiger partial charge in [0.15, 0.2) is 11.5 Å². The summed E-state index contributed by atoms with van der Waals surface area (Å²) < 4.78 is 17.6. The predicted molar refractivity (Wildman–Crippen MR) is 149 cm³/mol. The number of carbonyl (C=O) groups excluding carboxylic acids is 2. The molecule has 2 amide bonds. The van der Waals surface area contributed by atoms with Crippen molar-refractivity contribution in [3.05, 3.63) is 53.1 Å². The summed E-state index contributed by atoms with van der Waals surface area (Å²) in [6.07, 6.45) is 0.456. The average molecular weight is 542 g/mol. The van der Waals surface area contributed by atoms with Gasteiger partial charge in [0.1, 0.15) is 19.4 Å². The van der Waals surface area contributed by atoms with Crippen LogP contribution in [0.25, 0.3) is 0 Å². The van der Waals surface area contributed by atoms with Gasteiger partial charge in [0.05, 0.1) is 25.0 Å². The summed E-state index contributed by atoms with van der Waals surface area (Å²) in [4.78, 5) is 31.2. The average Bonchev–Trinajstić information content (AvgIpc) is 2.97. The van der Waals surface area contributed by atoms with Crippen LogP contribution < -0.4 is 19.7 Å². The Morgan fingerprint density at radius 1 is 1.05 bits per heavy atom. The normalized spacial score (nSPS) is 17.0. The molecule has 0 aliphatic carbocycles. The molecule has 2 aromatic rings. The summed E-state index contributed by atoms with van der Waals surface area (Å²) >= 11 is 0. The quantitative estimate of drug-likeness (QED) is 0.315. The molecule has 2 N–H and O–H groups in total. The predicted octanol–water partition coefficient (Wildman–Crippen LogP) is 2.88. The molecule has 206 valence electrons. The Hall–Kier alpha value is -2.92. The molecule has 9 nitrogen and oxygen atoms in total. The Labute approximate surface area is 225 Å². The van der Waals surface area contributed by atoms with Gasteiger partial charge in [0.25, 0.3) is 11.8 Å². The van der Waals surface area contributed by atoms with Crippen molar-refractivity contribution in [3.63, 3.8) is 0 Å². The lowest BCUT2D eigenvalue weighted by Gasteiger charge is -2.35. The molecule has 38 heavy (non-hydrogen) atoms. The summed E-state index contributed by atoms with van der Waals surface area (Å²) in [7, 11) is 0.214. The largest absolute Gasteiger partial charge is 0.493 e. The van der Waals surface area contributed by atoms with Gasteiger partial charge in [-0.15, -0.1) is 0 Å². The standard InChI is InChI=1S/C28H39N3O6Si/c1-35-25-16-22-23(17-26(25)37-12-10-29-9-11-32)31(19-36-13-14-38(2,3)4)28(34)24-15-20-7-5-6-8-21(20)18-30(24)27(22)33/h5-8,16-17,24,29,32H,9-15,18-19H2,1-4H3/t24-/m0/s1. The van der Waals surface area contributed by atoms with E-state index in [-0.39, 0.29) is 25.2 Å². The number of nitrogens with zero attached hydrogens (tertiary/aromatic N) is 2. The van der Waals surface area contributed by atoms with Crippen LogP contribution in [0.15, 0.2) is 36.4 Å². The maximum absolute atomic E-state index is 14.0. The fourth-order valence-corrected chi connectivity index (χ4v) is 5.49. The molecule has 2 aromatic carbocycles. The van der Waals surface area contributed by atoms with Gasteiger partial charge in [0.2, 0.25) is 0 Å². The SMILES string of the molecule is COc1cc2c(cc1OCCNCCO)N(COCC[Si](C)(C)C)C(=O)[C@@H]1Cc3ccccc3CN1C2=O. The second kappa shape index (κ2) is 12.3. The van der Waals surface area contributed by atoms with E-state index in [0.29, 0.717) is 62.0 Å². The third-order valence-corrected chi connectivity index (χ3v) is 8.61. The molecule has 0 spiro atoms. The lowest BCUT2D eigenvalue weighted by atomic mass is 9.93. The highest BCUT2D eigenvalue weighted by Crippen LogP contribution is 2.40. The number of fused-ring (bicyclic) bond motifs is 3. The molecule has 0 aromatic heterocycles. The maximum atomic E-state index is 14.0. The van der Waals surface area contributed by atoms with Crippen molar-refractivity contribution in [1.29, 1.82) is 0 Å². The molecule has 1 atom stereocenters. The minimum absolute atomic E-state index is 0.0422. The van der Waals surface area contributed by atoms with Crippen LogP contribution in [0, 0.1) is 0 Å². The first-order chi connectivity index (χ1) is 18.2. The molecule has 2 heterocycles. The molecule has 0 radical (unpaired) electrons. The zero-order valence-corrected chi connectivity index (χ0v) is 23.8. The van der Waals surface area contributed by atoms with E-state index in [0.717, 1.165) is 17.2 Å². The second-order valence-electron chi connectivity index (χ2n) is 10.9. The van der Waals surface area contributed by atoms with Gasteiger partial charge >= 0.3 is 0 Å². The maximum Gasteiger partial charge on any atom is 0.257 e. The van der Waals surface area contributed by atoms with E-state index in [1.54, 1.807) is 21.9 Å². The molecule has 0 saturated carbocycles. The highest BCUT2D eigenvalue weighted by molar-refractivity contribution is 6.76. The van der Waals surface area contributed by atoms with Crippen LogP contribution in [0.4, 0.5) is 5.69 Å². The molecule has 2 aliphatic rings. The van der Waals surface area contributed by atoms with Gasteiger partial charge in [-0.25, -0.2) is 0 Å². The van der Waals surface area contributed by atoms with Crippen molar-refractivity contribution in [2.75, 3.05) is 51.7 Å². The number of rotatable bonds is 12. The van der Waals surface area contributed by atoms with Crippen molar-refractivity contribution in [3.8, 4) is 11.5 Å². The third-order valence-electron chi connectivity index (χ3n) is 6.91. The smallest absolute Gasteiger partial charge is 0.257 e. The first-order valence-corrected chi connectivity index (χ1v) is 16.9. The van der Waals surface area contributed by atoms with Crippen molar-refractivity contribution in [2.24, 2.45) is 0 Å². The van der Waals surface area contributed by atoms with E-state index >= 15 is 0 Å². The Balaban J connectivity index is 1.69. The number of aliphatic hydroxyl groups excluding tert-OH is 1. The topological polar surface area (TPSA) is 101 Å². The van der Waals surface area contributed by atoms with E-state index in [4.69, 9.17) is 19.3 Å². The molecule has 0 saturated heterocycles. The minimum atomic E-state index is -1.32. The number of aliphatic hydroxyl groups is 1. The van der Waals surface area contributed by atoms with Gasteiger partial charge in [-0.05, 0) is 23.2 Å². The number of ether oxygens (including phenoxy) is 3. The third kappa shape index (κ3) is 6.37. The van der Waals surface area contributed by atoms with E-state index in [9.17, 15) is 9.59 Å². The lowest BCUT2D eigenvalue weighted by Crippen LogP contribution is -2.51. The summed E-state index contributed by atoms with van der Waals surface area (Å²) in [5, 5.41) is 12.0. The summed E-state index contributed by atoms with van der Waals surface area (Å²) in [6.45, 7) is 9.18. The Morgan fingerprint density at radius 3 is 2.53 bits per heavy atom. The van der Waals surface area contributed by atoms with E-state index < -0.39 is 14.1 Å². The van der Waals surface area contributed by atoms with Crippen LogP contribution >= 0.6 is 0 Å². The first kappa shape index (κ1) is 28.1. The lowest BCUT2D eigenvalue weighted by molar-refractivity contribution is -0.124. The number of carbonyl (C=O) groups is 2. The van der Waals surface area contributed by atoms with Gasteiger partial charge in [-0.3, -0.25) is 14.5 Å². The molecule has 10 heteroatoms. The summed E-state index contributed by atoms with van der Waals surface area (Å²) in [5.74, 6) is 0.474. The summed E-state index contributed by atoms with van der Waals surface area (Å²) in [6, 6.07) is 11.7. The van der Waals surface area contributed by atoms with Gasteiger partial charge in [-0.1, -0.05) is 43.9 Å². The highest BCUT2D eigenvalue weighted by Gasteiger charge is 2.42. The molecule has 0 bridgehead atoms. The minimum Gasteiger partial charge on any atom is -0.493 e. The van der Waals surface area contributed by atoms with Crippen LogP contribution in [0.1, 0.15) is 21.5 Å². The van der Waals surface area contributed by atoms with Crippen molar-refractivity contribution in [1.82, 2.24) is 10.2 Å². The molecule has 4 rings (SSSR count). The fourth-order valence-electron chi connectivity index (χ4n) is 4.73. The fraction of sp³-hybridized carbons (Fsp3) is 0.500. The van der Waals surface area contributed by atoms with Crippen molar-refractivity contribution >= 4 is 25.6 Å². The van der Waals surface area contributed by atoms with Crippen LogP contribution in [0.2, 0.25) is 25.7 Å². The van der Waals surface area contributed by atoms with Crippen LogP contribution in [0.3, 0.4) is 0 Å². The summed E-state index contributed by atoms with van der Waals surface area (Å²) in [5.41, 5.74) is 2.98. The first-order valence-electron chi connectivity index (χ1n) is 13.2. The number of nitrogens with one attached hydrogen (secondary N) is 1. The number of benzene rings is 2. The highest BCUT2D eigenvalue weighted by atomic mass is 28.3. The zero-order valence-electron chi connectivity index (χ0n) is 22.8. The van der Waals surface area contributed by atoms with Gasteiger partial charge in [-0.2, -0.15) is 0 Å². The number of hydrogen-bond acceptors (Lipinski definition) is 7. The van der Waals surface area contributed by atoms with Crippen LogP contribution in [-0.2, 0) is 22.5 Å². The molecule has 0 unspecified atom stereocenters. The van der Waals surface area contributed by atoms with Crippen LogP contribution in [-0.4, -0.2) is 82.7 Å². The number of anilines is 1. The van der Waals surface area contributed by atoms with Gasteiger partial charge in [0, 0.05) is 46.8 Å². The van der Waals surface area contributed by atoms with E-state index in [1.165, 1.54) is 7.11 Å². The molecular formula is C28H39N3O6Si. The Bertz CT molecular complexity index is 1150. The molecule has 0 fully saturated rings. The molecule has 2 aliphatic heterocycles. The van der Waals surface area contributed by atoms with Gasteiger partial charge < -0.3 is 29.5 Å². The van der Waals surface area contributed by atoms with Crippen molar-refractivity contribution in [2.45, 2.75) is 44.7 Å². The molecular weight excluding hydrogens is 502 g/mol. The van der Waals surface area contributed by atoms with E-state index in [2.05, 4.69) is 25.0 Å². The number of methoxy groups -OCH3 is 1. The van der Waals surface area contributed by atoms with E-state index in [1.807, 2.05) is 24.3 Å². The zero-order chi connectivity index (χ0) is 27.3. The number of hydrogen-bond donors (Lipinski definition) is 2. The second-order valence-corrected chi connectivity index (χ2v) is 16.5.